The summed E-state index contributed by atoms with van der Waals surface area (Å²) in [4.78, 5) is 25.3. The maximum Gasteiger partial charge on any atom is 0.411 e. The lowest BCUT2D eigenvalue weighted by molar-refractivity contribution is -0.144. The zero-order valence-corrected chi connectivity index (χ0v) is 13.1. The highest BCUT2D eigenvalue weighted by molar-refractivity contribution is 5.80. The molecule has 0 aromatic heterocycles. The number of carbonyl (C=O) groups is 2. The van der Waals surface area contributed by atoms with Gasteiger partial charge in [0.15, 0.2) is 0 Å². The molecule has 1 N–H and O–H groups in total. The number of benzene rings is 1. The fourth-order valence-corrected chi connectivity index (χ4v) is 3.12. The molecule has 22 heavy (non-hydrogen) atoms. The van der Waals surface area contributed by atoms with Gasteiger partial charge in [0.1, 0.15) is 12.6 Å². The van der Waals surface area contributed by atoms with Gasteiger partial charge in [-0.25, -0.2) is 9.59 Å². The average molecular weight is 305 g/mol. The Hall–Kier alpha value is -2.04. The van der Waals surface area contributed by atoms with Gasteiger partial charge in [-0.2, -0.15) is 0 Å². The lowest BCUT2D eigenvalue weighted by Gasteiger charge is -2.40. The molecule has 2 rings (SSSR count). The fraction of sp³-hybridized carbons (Fsp3) is 0.529. The summed E-state index contributed by atoms with van der Waals surface area (Å²) in [5.74, 6) is -1.01. The first-order valence-electron chi connectivity index (χ1n) is 7.67. The van der Waals surface area contributed by atoms with Crippen molar-refractivity contribution >= 4 is 12.1 Å². The van der Waals surface area contributed by atoms with Gasteiger partial charge in [0.2, 0.25) is 0 Å². The average Bonchev–Trinajstić information content (AvgIpc) is 2.93. The van der Waals surface area contributed by atoms with Gasteiger partial charge in [0.25, 0.3) is 0 Å². The highest BCUT2D eigenvalue weighted by atomic mass is 16.6. The largest absolute Gasteiger partial charge is 0.480 e. The van der Waals surface area contributed by atoms with Crippen molar-refractivity contribution in [2.45, 2.75) is 57.7 Å². The van der Waals surface area contributed by atoms with Crippen LogP contribution in [-0.2, 0) is 16.1 Å². The number of nitrogens with zero attached hydrogens (tertiary/aromatic N) is 1. The second-order valence-corrected chi connectivity index (χ2v) is 6.13. The first kappa shape index (κ1) is 16.3. The molecule has 0 radical (unpaired) electrons. The number of ether oxygens (including phenoxy) is 1. The topological polar surface area (TPSA) is 66.8 Å². The molecule has 1 unspecified atom stereocenters. The first-order valence-corrected chi connectivity index (χ1v) is 7.67. The van der Waals surface area contributed by atoms with Crippen LogP contribution in [0.5, 0.6) is 0 Å². The second kappa shape index (κ2) is 6.81. The Labute approximate surface area is 130 Å². The molecule has 0 heterocycles. The van der Waals surface area contributed by atoms with E-state index in [0.717, 1.165) is 31.2 Å². The fourth-order valence-electron chi connectivity index (χ4n) is 3.12. The lowest BCUT2D eigenvalue weighted by Crippen LogP contribution is -2.55. The highest BCUT2D eigenvalue weighted by Gasteiger charge is 2.43. The number of amides is 1. The van der Waals surface area contributed by atoms with E-state index in [1.54, 1.807) is 0 Å². The quantitative estimate of drug-likeness (QED) is 0.905. The van der Waals surface area contributed by atoms with E-state index < -0.39 is 23.6 Å². The van der Waals surface area contributed by atoms with Gasteiger partial charge in [-0.15, -0.1) is 0 Å². The van der Waals surface area contributed by atoms with Crippen LogP contribution < -0.4 is 0 Å². The molecule has 1 atom stereocenters. The molecule has 120 valence electrons. The first-order chi connectivity index (χ1) is 10.4. The van der Waals surface area contributed by atoms with Crippen molar-refractivity contribution in [3.05, 3.63) is 35.9 Å². The van der Waals surface area contributed by atoms with Crippen LogP contribution in [0.1, 0.15) is 45.1 Å². The van der Waals surface area contributed by atoms with Crippen molar-refractivity contribution < 1.29 is 19.4 Å². The molecule has 5 nitrogen and oxygen atoms in total. The molecule has 1 fully saturated rings. The Balaban J connectivity index is 2.10. The van der Waals surface area contributed by atoms with Gasteiger partial charge in [0, 0.05) is 5.54 Å². The minimum atomic E-state index is -1.01. The number of rotatable bonds is 5. The zero-order valence-electron chi connectivity index (χ0n) is 13.1. The zero-order chi connectivity index (χ0) is 16.2. The standard InChI is InChI=1S/C17H23NO4/c1-13(15(19)20)18(17(2)10-6-7-11-17)16(21)22-12-14-8-4-3-5-9-14/h3-5,8-9,13H,6-7,10-12H2,1-2H3,(H,19,20). The number of aliphatic carboxylic acids is 1. The summed E-state index contributed by atoms with van der Waals surface area (Å²) < 4.78 is 5.36. The van der Waals surface area contributed by atoms with E-state index in [1.807, 2.05) is 37.3 Å². The van der Waals surface area contributed by atoms with Gasteiger partial charge >= 0.3 is 12.1 Å². The van der Waals surface area contributed by atoms with E-state index in [9.17, 15) is 14.7 Å². The van der Waals surface area contributed by atoms with E-state index in [0.29, 0.717) is 0 Å². The third kappa shape index (κ3) is 3.59. The van der Waals surface area contributed by atoms with Crippen molar-refractivity contribution in [3.63, 3.8) is 0 Å². The number of carboxylic acids is 1. The minimum absolute atomic E-state index is 0.151. The Bertz CT molecular complexity index is 523. The van der Waals surface area contributed by atoms with Gasteiger partial charge < -0.3 is 9.84 Å². The molecule has 5 heteroatoms. The predicted molar refractivity (Wildman–Crippen MR) is 82.4 cm³/mol. The van der Waals surface area contributed by atoms with Gasteiger partial charge in [-0.1, -0.05) is 43.2 Å². The molecule has 0 aliphatic heterocycles. The summed E-state index contributed by atoms with van der Waals surface area (Å²) in [6.07, 6.45) is 3.08. The Kier molecular flexibility index (Phi) is 5.06. The van der Waals surface area contributed by atoms with E-state index in [-0.39, 0.29) is 6.61 Å². The van der Waals surface area contributed by atoms with Crippen molar-refractivity contribution in [2.75, 3.05) is 0 Å². The molecule has 1 aromatic rings. The van der Waals surface area contributed by atoms with Crippen LogP contribution in [0.15, 0.2) is 30.3 Å². The molecular weight excluding hydrogens is 282 g/mol. The Morgan fingerprint density at radius 2 is 1.86 bits per heavy atom. The third-order valence-corrected chi connectivity index (χ3v) is 4.41. The molecule has 1 aliphatic rings. The van der Waals surface area contributed by atoms with E-state index in [1.165, 1.54) is 11.8 Å². The summed E-state index contributed by atoms with van der Waals surface area (Å²) in [6.45, 7) is 3.64. The number of hydrogen-bond donors (Lipinski definition) is 1. The third-order valence-electron chi connectivity index (χ3n) is 4.41. The van der Waals surface area contributed by atoms with E-state index in [4.69, 9.17) is 4.74 Å². The maximum atomic E-state index is 12.5. The van der Waals surface area contributed by atoms with Crippen LogP contribution in [0.4, 0.5) is 4.79 Å². The predicted octanol–water partition coefficient (Wildman–Crippen LogP) is 3.43. The number of carbonyl (C=O) groups excluding carboxylic acids is 1. The molecule has 0 saturated heterocycles. The smallest absolute Gasteiger partial charge is 0.411 e. The molecule has 1 amide bonds. The van der Waals surface area contributed by atoms with Crippen LogP contribution in [0.2, 0.25) is 0 Å². The lowest BCUT2D eigenvalue weighted by atomic mass is 9.96. The summed E-state index contributed by atoms with van der Waals surface area (Å²) in [5, 5.41) is 9.31. The molecule has 0 bridgehead atoms. The number of hydrogen-bond acceptors (Lipinski definition) is 3. The SMILES string of the molecule is CC(C(=O)O)N(C(=O)OCc1ccccc1)C1(C)CCCC1. The molecule has 1 aliphatic carbocycles. The van der Waals surface area contributed by atoms with Crippen molar-refractivity contribution in [2.24, 2.45) is 0 Å². The van der Waals surface area contributed by atoms with Crippen LogP contribution in [0, 0.1) is 0 Å². The van der Waals surface area contributed by atoms with Crippen molar-refractivity contribution in [3.8, 4) is 0 Å². The molecule has 1 aromatic carbocycles. The van der Waals surface area contributed by atoms with E-state index >= 15 is 0 Å². The van der Waals surface area contributed by atoms with Crippen molar-refractivity contribution in [1.29, 1.82) is 0 Å². The van der Waals surface area contributed by atoms with Crippen LogP contribution in [-0.4, -0.2) is 33.6 Å². The molecule has 1 saturated carbocycles. The monoisotopic (exact) mass is 305 g/mol. The highest BCUT2D eigenvalue weighted by Crippen LogP contribution is 2.36. The summed E-state index contributed by atoms with van der Waals surface area (Å²) >= 11 is 0. The molecule has 0 spiro atoms. The minimum Gasteiger partial charge on any atom is -0.480 e. The Morgan fingerprint density at radius 3 is 2.41 bits per heavy atom. The van der Waals surface area contributed by atoms with Gasteiger partial charge in [0.05, 0.1) is 0 Å². The summed E-state index contributed by atoms with van der Waals surface area (Å²) in [6, 6.07) is 8.49. The maximum absolute atomic E-state index is 12.5. The molecular formula is C17H23NO4. The number of carboxylic acid groups (broad SMARTS) is 1. The normalized spacial score (nSPS) is 17.7. The van der Waals surface area contributed by atoms with Crippen molar-refractivity contribution in [1.82, 2.24) is 4.90 Å². The van der Waals surface area contributed by atoms with Crippen LogP contribution >= 0.6 is 0 Å². The second-order valence-electron chi connectivity index (χ2n) is 6.13. The van der Waals surface area contributed by atoms with Crippen LogP contribution in [0.25, 0.3) is 0 Å². The van der Waals surface area contributed by atoms with Crippen LogP contribution in [0.3, 0.4) is 0 Å². The van der Waals surface area contributed by atoms with Gasteiger partial charge in [-0.3, -0.25) is 4.90 Å². The van der Waals surface area contributed by atoms with Gasteiger partial charge in [-0.05, 0) is 32.3 Å². The Morgan fingerprint density at radius 1 is 1.27 bits per heavy atom. The summed E-state index contributed by atoms with van der Waals surface area (Å²) in [5.41, 5.74) is 0.446. The van der Waals surface area contributed by atoms with E-state index in [2.05, 4.69) is 0 Å². The summed E-state index contributed by atoms with van der Waals surface area (Å²) in [7, 11) is 0.